The lowest BCUT2D eigenvalue weighted by atomic mass is 9.80. The van der Waals surface area contributed by atoms with Gasteiger partial charge < -0.3 is 9.64 Å². The molecule has 0 spiro atoms. The highest BCUT2D eigenvalue weighted by Crippen LogP contribution is 2.36. The third-order valence-electron chi connectivity index (χ3n) is 6.91. The molecular weight excluding hydrogens is 466 g/mol. The lowest BCUT2D eigenvalue weighted by Gasteiger charge is -2.31. The summed E-state index contributed by atoms with van der Waals surface area (Å²) in [6, 6.07) is 5.66. The zero-order valence-electron chi connectivity index (χ0n) is 19.6. The van der Waals surface area contributed by atoms with Crippen LogP contribution in [0.15, 0.2) is 24.3 Å². The van der Waals surface area contributed by atoms with E-state index in [0.717, 1.165) is 12.8 Å². The number of alkyl halides is 3. The van der Waals surface area contributed by atoms with Crippen LogP contribution >= 0.6 is 0 Å². The molecule has 0 unspecified atom stereocenters. The van der Waals surface area contributed by atoms with Crippen molar-refractivity contribution in [3.05, 3.63) is 52.6 Å². The normalized spacial score (nSPS) is 20.4. The highest BCUT2D eigenvalue weighted by molar-refractivity contribution is 5.77. The van der Waals surface area contributed by atoms with Crippen molar-refractivity contribution in [1.82, 2.24) is 14.7 Å². The van der Waals surface area contributed by atoms with Gasteiger partial charge in [0.2, 0.25) is 5.91 Å². The molecule has 1 aromatic heterocycles. The number of fused-ring (bicyclic) bond motifs is 1. The van der Waals surface area contributed by atoms with E-state index in [0.29, 0.717) is 37.1 Å². The number of hydrogen-bond acceptors (Lipinski definition) is 4. The molecule has 190 valence electrons. The maximum atomic E-state index is 13.6. The van der Waals surface area contributed by atoms with Crippen LogP contribution in [0.1, 0.15) is 61.5 Å². The molecule has 1 amide bonds. The first-order valence-corrected chi connectivity index (χ1v) is 12.0. The molecule has 0 saturated heterocycles. The fraction of sp³-hybridized carbons (Fsp3) is 0.560. The van der Waals surface area contributed by atoms with Crippen LogP contribution in [0.3, 0.4) is 0 Å². The van der Waals surface area contributed by atoms with Gasteiger partial charge in [0.05, 0.1) is 31.3 Å². The molecule has 2 aliphatic rings. The molecule has 0 bridgehead atoms. The van der Waals surface area contributed by atoms with E-state index in [9.17, 15) is 27.2 Å². The van der Waals surface area contributed by atoms with E-state index < -0.39 is 17.7 Å². The summed E-state index contributed by atoms with van der Waals surface area (Å²) in [5.41, 5.74) is -0.000716. The van der Waals surface area contributed by atoms with Gasteiger partial charge in [-0.15, -0.1) is 0 Å². The Morgan fingerprint density at radius 1 is 1.17 bits per heavy atom. The van der Waals surface area contributed by atoms with Crippen molar-refractivity contribution < 1.29 is 31.9 Å². The van der Waals surface area contributed by atoms with Crippen LogP contribution < -0.4 is 0 Å². The molecule has 35 heavy (non-hydrogen) atoms. The summed E-state index contributed by atoms with van der Waals surface area (Å²) >= 11 is 0. The van der Waals surface area contributed by atoms with E-state index in [1.54, 1.807) is 17.9 Å². The zero-order chi connectivity index (χ0) is 25.2. The van der Waals surface area contributed by atoms with Gasteiger partial charge in [-0.25, -0.2) is 4.39 Å². The van der Waals surface area contributed by atoms with Crippen molar-refractivity contribution in [2.45, 2.75) is 64.7 Å². The summed E-state index contributed by atoms with van der Waals surface area (Å²) in [6.07, 6.45) is -1.41. The second kappa shape index (κ2) is 10.4. The molecule has 4 rings (SSSR count). The number of rotatable bonds is 6. The van der Waals surface area contributed by atoms with Crippen LogP contribution in [0.4, 0.5) is 17.6 Å². The summed E-state index contributed by atoms with van der Waals surface area (Å²) in [6.45, 7) is 2.33. The van der Waals surface area contributed by atoms with E-state index in [4.69, 9.17) is 4.74 Å². The average Bonchev–Trinajstić information content (AvgIpc) is 3.18. The van der Waals surface area contributed by atoms with Crippen molar-refractivity contribution >= 4 is 11.9 Å². The summed E-state index contributed by atoms with van der Waals surface area (Å²) in [4.78, 5) is 26.6. The van der Waals surface area contributed by atoms with E-state index in [-0.39, 0.29) is 55.3 Å². The van der Waals surface area contributed by atoms with Gasteiger partial charge in [0, 0.05) is 18.5 Å². The van der Waals surface area contributed by atoms with Crippen molar-refractivity contribution in [2.75, 3.05) is 13.2 Å². The van der Waals surface area contributed by atoms with Crippen molar-refractivity contribution in [3.8, 4) is 0 Å². The van der Waals surface area contributed by atoms with E-state index >= 15 is 0 Å². The molecular formula is C25H29F4N3O3. The molecule has 2 aromatic rings. The number of aromatic nitrogens is 2. The second-order valence-corrected chi connectivity index (χ2v) is 9.30. The summed E-state index contributed by atoms with van der Waals surface area (Å²) < 4.78 is 60.9. The number of halogens is 4. The lowest BCUT2D eigenvalue weighted by molar-refractivity contribution is -0.149. The fourth-order valence-electron chi connectivity index (χ4n) is 5.10. The molecule has 1 aliphatic carbocycles. The van der Waals surface area contributed by atoms with E-state index in [1.165, 1.54) is 22.9 Å². The molecule has 0 N–H and O–H groups in total. The Morgan fingerprint density at radius 3 is 2.57 bits per heavy atom. The van der Waals surface area contributed by atoms with Crippen LogP contribution in [-0.4, -0.2) is 39.7 Å². The number of nitrogens with zero attached hydrogens (tertiary/aromatic N) is 3. The number of carbonyl (C=O) groups excluding carboxylic acids is 2. The standard InChI is InChI=1S/C25H29F4N3O3/c1-2-35-24(34)18-8-6-16(7-9-18)13-22(33)31-11-10-20-21(15-31)32(30-23(20)25(27,28)29)14-17-4-3-5-19(26)12-17/h3-5,12,16,18H,2,6-11,13-15H2,1H3. The SMILES string of the molecule is CCOC(=O)C1CCC(CC(=O)N2CCc3c(C(F)(F)F)nn(Cc4cccc(F)c4)c3C2)CC1. The van der Waals surface area contributed by atoms with Crippen LogP contribution in [0.2, 0.25) is 0 Å². The third kappa shape index (κ3) is 5.85. The summed E-state index contributed by atoms with van der Waals surface area (Å²) in [5.74, 6) is -0.765. The Morgan fingerprint density at radius 2 is 1.91 bits per heavy atom. The minimum atomic E-state index is -4.61. The average molecular weight is 496 g/mol. The van der Waals surface area contributed by atoms with Crippen molar-refractivity contribution in [2.24, 2.45) is 11.8 Å². The smallest absolute Gasteiger partial charge is 0.435 e. The molecule has 0 atom stereocenters. The summed E-state index contributed by atoms with van der Waals surface area (Å²) in [7, 11) is 0. The van der Waals surface area contributed by atoms with Crippen LogP contribution in [-0.2, 0) is 40.0 Å². The highest BCUT2D eigenvalue weighted by atomic mass is 19.4. The Hall–Kier alpha value is -2.91. The fourth-order valence-corrected chi connectivity index (χ4v) is 5.10. The lowest BCUT2D eigenvalue weighted by Crippen LogP contribution is -2.38. The number of ether oxygens (including phenoxy) is 1. The number of benzene rings is 1. The maximum absolute atomic E-state index is 13.6. The van der Waals surface area contributed by atoms with Gasteiger partial charge in [0.15, 0.2) is 5.69 Å². The topological polar surface area (TPSA) is 64.4 Å². The van der Waals surface area contributed by atoms with Crippen molar-refractivity contribution in [3.63, 3.8) is 0 Å². The van der Waals surface area contributed by atoms with E-state index in [2.05, 4.69) is 5.10 Å². The van der Waals surface area contributed by atoms with Gasteiger partial charge in [-0.2, -0.15) is 18.3 Å². The first-order valence-electron chi connectivity index (χ1n) is 12.0. The molecule has 10 heteroatoms. The maximum Gasteiger partial charge on any atom is 0.435 e. The molecule has 1 aliphatic heterocycles. The second-order valence-electron chi connectivity index (χ2n) is 9.30. The van der Waals surface area contributed by atoms with Crippen molar-refractivity contribution in [1.29, 1.82) is 0 Å². The first-order chi connectivity index (χ1) is 16.7. The van der Waals surface area contributed by atoms with Gasteiger partial charge in [-0.05, 0) is 62.6 Å². The largest absolute Gasteiger partial charge is 0.466 e. The molecule has 1 aromatic carbocycles. The minimum Gasteiger partial charge on any atom is -0.466 e. The van der Waals surface area contributed by atoms with Crippen LogP contribution in [0, 0.1) is 17.7 Å². The minimum absolute atomic E-state index is 0.0178. The number of carbonyl (C=O) groups is 2. The molecule has 2 heterocycles. The monoisotopic (exact) mass is 495 g/mol. The van der Waals surface area contributed by atoms with Gasteiger partial charge in [0.25, 0.3) is 0 Å². The predicted octanol–water partition coefficient (Wildman–Crippen LogP) is 4.73. The van der Waals surface area contributed by atoms with Crippen LogP contribution in [0.5, 0.6) is 0 Å². The van der Waals surface area contributed by atoms with Gasteiger partial charge in [-0.3, -0.25) is 14.3 Å². The molecule has 0 radical (unpaired) electrons. The Labute approximate surface area is 201 Å². The Bertz CT molecular complexity index is 1070. The number of hydrogen-bond donors (Lipinski definition) is 0. The Balaban J connectivity index is 1.45. The zero-order valence-corrected chi connectivity index (χ0v) is 19.6. The predicted molar refractivity (Wildman–Crippen MR) is 119 cm³/mol. The van der Waals surface area contributed by atoms with Gasteiger partial charge in [0.1, 0.15) is 5.82 Å². The number of amides is 1. The summed E-state index contributed by atoms with van der Waals surface area (Å²) in [5, 5.41) is 3.82. The Kier molecular flexibility index (Phi) is 7.47. The third-order valence-corrected chi connectivity index (χ3v) is 6.91. The van der Waals surface area contributed by atoms with Crippen LogP contribution in [0.25, 0.3) is 0 Å². The first kappa shape index (κ1) is 25.2. The molecule has 1 saturated carbocycles. The molecule has 1 fully saturated rings. The quantitative estimate of drug-likeness (QED) is 0.429. The highest BCUT2D eigenvalue weighted by Gasteiger charge is 2.41. The molecule has 6 nitrogen and oxygen atoms in total. The van der Waals surface area contributed by atoms with Gasteiger partial charge in [-0.1, -0.05) is 12.1 Å². The number of esters is 1. The van der Waals surface area contributed by atoms with E-state index in [1.807, 2.05) is 0 Å². The van der Waals surface area contributed by atoms with Gasteiger partial charge >= 0.3 is 12.1 Å².